The predicted octanol–water partition coefficient (Wildman–Crippen LogP) is -4.38. The lowest BCUT2D eigenvalue weighted by Gasteiger charge is -2.17. The monoisotopic (exact) mass is 219 g/mol. The van der Waals surface area contributed by atoms with Gasteiger partial charge in [0.05, 0.1) is 0 Å². The van der Waals surface area contributed by atoms with E-state index in [1.165, 1.54) is 0 Å². The number of nitrogens with one attached hydrogen (secondary N) is 2. The van der Waals surface area contributed by atoms with Gasteiger partial charge in [-0.25, -0.2) is 23.6 Å². The largest absolute Gasteiger partial charge is 0.355 e. The summed E-state index contributed by atoms with van der Waals surface area (Å²) < 4.78 is 34.0. The number of hydrogen-bond acceptors (Lipinski definition) is 5. The summed E-state index contributed by atoms with van der Waals surface area (Å²) in [6, 6.07) is 1.93. The molecule has 2 rings (SSSR count). The van der Waals surface area contributed by atoms with E-state index in [-0.39, 0.29) is 0 Å². The molecule has 0 radical (unpaired) electrons. The number of aromatic nitrogens is 3. The molecular formula is C6H6ClN3O4. The molecule has 0 bridgehead atoms. The van der Waals surface area contributed by atoms with Crippen LogP contribution in [0.25, 0.3) is 11.0 Å². The van der Waals surface area contributed by atoms with Gasteiger partial charge in [-0.1, -0.05) is 0 Å². The van der Waals surface area contributed by atoms with Crippen LogP contribution in [0.2, 0.25) is 0 Å². The molecule has 0 saturated carbocycles. The van der Waals surface area contributed by atoms with Crippen LogP contribution in [0.5, 0.6) is 0 Å². The first-order valence-corrected chi connectivity index (χ1v) is 4.61. The number of fused-ring (bicyclic) bond motifs is 1. The highest BCUT2D eigenvalue weighted by Gasteiger charge is 1.96. The summed E-state index contributed by atoms with van der Waals surface area (Å²) in [5.74, 6) is 0. The molecule has 0 amide bonds. The quantitative estimate of drug-likeness (QED) is 0.477. The van der Waals surface area contributed by atoms with Crippen molar-refractivity contribution in [3.63, 3.8) is 0 Å². The van der Waals surface area contributed by atoms with E-state index < -0.39 is 10.2 Å². The fourth-order valence-corrected chi connectivity index (χ4v) is 0.830. The minimum atomic E-state index is -4.94. The highest BCUT2D eigenvalue weighted by atomic mass is 35.7. The normalized spacial score (nSPS) is 10.9. The van der Waals surface area contributed by atoms with Crippen LogP contribution in [0, 0.1) is 10.2 Å². The third kappa shape index (κ3) is 4.12. The minimum Gasteiger partial charge on any atom is -0.355 e. The van der Waals surface area contributed by atoms with Crippen molar-refractivity contribution in [1.82, 2.24) is 9.97 Å². The van der Waals surface area contributed by atoms with Gasteiger partial charge >= 0.3 is 0 Å². The molecule has 0 aromatic carbocycles. The number of rotatable bonds is 0. The zero-order chi connectivity index (χ0) is 10.6. The average molecular weight is 220 g/mol. The Morgan fingerprint density at radius 3 is 2.50 bits per heavy atom. The number of nitrogens with zero attached hydrogens (tertiary/aromatic N) is 1. The number of aromatic amines is 2. The van der Waals surface area contributed by atoms with Crippen molar-refractivity contribution in [3.05, 3.63) is 24.8 Å². The Morgan fingerprint density at radius 1 is 1.29 bits per heavy atom. The van der Waals surface area contributed by atoms with Crippen LogP contribution in [0.15, 0.2) is 24.8 Å². The van der Waals surface area contributed by atoms with Crippen molar-refractivity contribution in [2.75, 3.05) is 0 Å². The van der Waals surface area contributed by atoms with E-state index in [0.717, 1.165) is 11.0 Å². The summed E-state index contributed by atoms with van der Waals surface area (Å²) in [6.45, 7) is 0. The number of H-pyrrole nitrogens is 2. The lowest BCUT2D eigenvalue weighted by atomic mass is 10.5. The lowest BCUT2D eigenvalue weighted by molar-refractivity contribution is -2.00. The molecule has 2 aromatic heterocycles. The molecule has 0 atom stereocenters. The SMILES string of the molecule is [O-][Cl+3]([O-])([O-])[O-].c1cc2nc[nH+]cc2[nH]1. The topological polar surface area (TPSA) is 135 Å². The van der Waals surface area contributed by atoms with Crippen LogP contribution in [-0.2, 0) is 0 Å². The van der Waals surface area contributed by atoms with Gasteiger partial charge in [0.15, 0.2) is 0 Å². The smallest absolute Gasteiger partial charge is 0.284 e. The Kier molecular flexibility index (Phi) is 3.33. The summed E-state index contributed by atoms with van der Waals surface area (Å²) in [7, 11) is -4.94. The molecule has 76 valence electrons. The first-order chi connectivity index (χ1) is 6.47. The fraction of sp³-hybridized carbons (Fsp3) is 0. The second-order valence-corrected chi connectivity index (χ2v) is 2.98. The maximum absolute atomic E-state index is 8.49. The average Bonchev–Trinajstić information content (AvgIpc) is 2.47. The molecule has 8 heteroatoms. The van der Waals surface area contributed by atoms with Gasteiger partial charge in [-0.3, -0.25) is 0 Å². The molecule has 0 unspecified atom stereocenters. The Bertz CT molecular complexity index is 363. The maximum atomic E-state index is 8.49. The third-order valence-corrected chi connectivity index (χ3v) is 1.26. The van der Waals surface area contributed by atoms with Crippen LogP contribution in [0.3, 0.4) is 0 Å². The summed E-state index contributed by atoms with van der Waals surface area (Å²) in [5.41, 5.74) is 2.03. The molecule has 0 aliphatic carbocycles. The van der Waals surface area contributed by atoms with Gasteiger partial charge in [-0.05, 0) is 4.98 Å². The highest BCUT2D eigenvalue weighted by Crippen LogP contribution is 2.02. The van der Waals surface area contributed by atoms with Gasteiger partial charge in [0.2, 0.25) is 5.52 Å². The van der Waals surface area contributed by atoms with E-state index in [0.29, 0.717) is 0 Å². The van der Waals surface area contributed by atoms with E-state index in [9.17, 15) is 0 Å². The molecule has 0 aliphatic heterocycles. The van der Waals surface area contributed by atoms with Crippen LogP contribution in [0.1, 0.15) is 0 Å². The molecule has 2 N–H and O–H groups in total. The molecule has 7 nitrogen and oxygen atoms in total. The zero-order valence-corrected chi connectivity index (χ0v) is 7.52. The van der Waals surface area contributed by atoms with E-state index in [2.05, 4.69) is 15.0 Å². The molecular weight excluding hydrogens is 214 g/mol. The van der Waals surface area contributed by atoms with Gasteiger partial charge in [0.25, 0.3) is 6.33 Å². The number of hydrogen-bond donors (Lipinski definition) is 1. The van der Waals surface area contributed by atoms with Gasteiger partial charge in [-0.15, -0.1) is 10.2 Å². The van der Waals surface area contributed by atoms with Crippen LogP contribution < -0.4 is 23.6 Å². The summed E-state index contributed by atoms with van der Waals surface area (Å²) in [5, 5.41) is 0. The van der Waals surface area contributed by atoms with Crippen molar-refractivity contribution in [2.45, 2.75) is 0 Å². The van der Waals surface area contributed by atoms with E-state index in [1.807, 2.05) is 18.5 Å². The Balaban J connectivity index is 0.000000171. The molecule has 2 aromatic rings. The summed E-state index contributed by atoms with van der Waals surface area (Å²) in [4.78, 5) is 9.96. The van der Waals surface area contributed by atoms with Crippen LogP contribution in [-0.4, -0.2) is 9.97 Å². The molecule has 0 spiro atoms. The summed E-state index contributed by atoms with van der Waals surface area (Å²) >= 11 is 0. The van der Waals surface area contributed by atoms with Crippen molar-refractivity contribution >= 4 is 11.0 Å². The van der Waals surface area contributed by atoms with E-state index in [4.69, 9.17) is 18.6 Å². The second kappa shape index (κ2) is 4.31. The van der Waals surface area contributed by atoms with E-state index in [1.54, 1.807) is 6.33 Å². The fourth-order valence-electron chi connectivity index (χ4n) is 0.830. The standard InChI is InChI=1S/C6H5N3.ClHO4/c1-2-8-6-3-7-4-9-5(1)6;2-1(3,4)5/h1-4,8H;(H,2,3,4,5). The maximum Gasteiger partial charge on any atom is 0.284 e. The highest BCUT2D eigenvalue weighted by molar-refractivity contribution is 5.72. The van der Waals surface area contributed by atoms with Gasteiger partial charge < -0.3 is 4.98 Å². The molecule has 0 aliphatic rings. The summed E-state index contributed by atoms with van der Waals surface area (Å²) in [6.07, 6.45) is 5.41. The Hall–Kier alpha value is -1.25. The second-order valence-electron chi connectivity index (χ2n) is 2.22. The van der Waals surface area contributed by atoms with Crippen molar-refractivity contribution in [2.24, 2.45) is 0 Å². The molecule has 2 heterocycles. The molecule has 0 fully saturated rings. The van der Waals surface area contributed by atoms with Gasteiger partial charge in [-0.2, -0.15) is 0 Å². The van der Waals surface area contributed by atoms with Crippen LogP contribution in [0.4, 0.5) is 0 Å². The predicted molar refractivity (Wildman–Crippen MR) is 32.6 cm³/mol. The van der Waals surface area contributed by atoms with Gasteiger partial charge in [0.1, 0.15) is 11.7 Å². The van der Waals surface area contributed by atoms with Crippen molar-refractivity contribution in [1.29, 1.82) is 0 Å². The zero-order valence-electron chi connectivity index (χ0n) is 6.77. The van der Waals surface area contributed by atoms with Gasteiger partial charge in [0, 0.05) is 12.3 Å². The first kappa shape index (κ1) is 10.8. The lowest BCUT2D eigenvalue weighted by Crippen LogP contribution is -2.68. The minimum absolute atomic E-state index is 0.994. The first-order valence-electron chi connectivity index (χ1n) is 3.38. The number of halogens is 1. The Morgan fingerprint density at radius 2 is 1.93 bits per heavy atom. The molecule has 0 saturated heterocycles. The Labute approximate surface area is 80.4 Å². The van der Waals surface area contributed by atoms with E-state index >= 15 is 0 Å². The van der Waals surface area contributed by atoms with Crippen LogP contribution >= 0.6 is 0 Å². The van der Waals surface area contributed by atoms with Crippen molar-refractivity contribution in [3.8, 4) is 0 Å². The van der Waals surface area contributed by atoms with Crippen molar-refractivity contribution < 1.29 is 33.9 Å². The molecule has 14 heavy (non-hydrogen) atoms. The third-order valence-electron chi connectivity index (χ3n) is 1.26.